The number of carbonyl (C=O) groups excluding carboxylic acids is 3. The van der Waals surface area contributed by atoms with Gasteiger partial charge in [-0.25, -0.2) is 0 Å². The molecule has 0 radical (unpaired) electrons. The minimum Gasteiger partial charge on any atom is -0.456 e. The van der Waals surface area contributed by atoms with Crippen molar-refractivity contribution in [1.29, 1.82) is 0 Å². The molecule has 4 aromatic rings. The fourth-order valence-electron chi connectivity index (χ4n) is 4.37. The van der Waals surface area contributed by atoms with Gasteiger partial charge in [0, 0.05) is 30.2 Å². The van der Waals surface area contributed by atoms with Gasteiger partial charge in [0.1, 0.15) is 11.3 Å². The number of nitrogens with zero attached hydrogens (tertiary/aromatic N) is 1. The lowest BCUT2D eigenvalue weighted by Crippen LogP contribution is -2.46. The highest BCUT2D eigenvalue weighted by Crippen LogP contribution is 2.21. The van der Waals surface area contributed by atoms with Gasteiger partial charge in [-0.3, -0.25) is 14.4 Å². The molecule has 8 heteroatoms. The highest BCUT2D eigenvalue weighted by Gasteiger charge is 2.25. The van der Waals surface area contributed by atoms with E-state index in [0.29, 0.717) is 48.7 Å². The maximum atomic E-state index is 12.8. The Labute approximate surface area is 208 Å². The van der Waals surface area contributed by atoms with Crippen LogP contribution in [0, 0.1) is 6.92 Å². The molecule has 0 unspecified atom stereocenters. The summed E-state index contributed by atoms with van der Waals surface area (Å²) in [5.74, 6) is 0.743. The smallest absolute Gasteiger partial charge is 0.291 e. The van der Waals surface area contributed by atoms with Crippen molar-refractivity contribution in [1.82, 2.24) is 10.2 Å². The molecular weight excluding hydrogens is 458 g/mol. The van der Waals surface area contributed by atoms with Crippen LogP contribution in [0.4, 0.5) is 5.69 Å². The Hall–Kier alpha value is -4.33. The molecule has 8 nitrogen and oxygen atoms in total. The first-order valence-corrected chi connectivity index (χ1v) is 12.0. The number of para-hydroxylation sites is 1. The molecule has 1 fully saturated rings. The normalized spacial score (nSPS) is 14.1. The first-order valence-electron chi connectivity index (χ1n) is 12.0. The lowest BCUT2D eigenvalue weighted by atomic mass is 10.0. The van der Waals surface area contributed by atoms with Crippen LogP contribution < -0.4 is 10.6 Å². The van der Waals surface area contributed by atoms with Gasteiger partial charge in [-0.1, -0.05) is 30.3 Å². The molecule has 36 heavy (non-hydrogen) atoms. The van der Waals surface area contributed by atoms with Gasteiger partial charge in [0.2, 0.25) is 5.91 Å². The van der Waals surface area contributed by atoms with Crippen molar-refractivity contribution >= 4 is 34.4 Å². The van der Waals surface area contributed by atoms with Gasteiger partial charge in [-0.2, -0.15) is 0 Å². The van der Waals surface area contributed by atoms with Crippen LogP contribution in [-0.2, 0) is 11.2 Å². The predicted molar refractivity (Wildman–Crippen MR) is 135 cm³/mol. The predicted octanol–water partition coefficient (Wildman–Crippen LogP) is 4.55. The molecule has 1 aliphatic heterocycles. The van der Waals surface area contributed by atoms with E-state index in [9.17, 15) is 14.4 Å². The lowest BCUT2D eigenvalue weighted by molar-refractivity contribution is -0.131. The Bertz CT molecular complexity index is 1360. The van der Waals surface area contributed by atoms with Gasteiger partial charge in [0.05, 0.1) is 6.42 Å². The van der Waals surface area contributed by atoms with Gasteiger partial charge < -0.3 is 24.4 Å². The van der Waals surface area contributed by atoms with E-state index in [0.717, 1.165) is 10.9 Å². The number of rotatable bonds is 6. The van der Waals surface area contributed by atoms with Crippen molar-refractivity contribution in [3.05, 3.63) is 89.6 Å². The van der Waals surface area contributed by atoms with E-state index >= 15 is 0 Å². The van der Waals surface area contributed by atoms with E-state index in [1.807, 2.05) is 41.3 Å². The average molecular weight is 486 g/mol. The number of piperidine rings is 1. The molecule has 3 heterocycles. The molecule has 0 atom stereocenters. The van der Waals surface area contributed by atoms with Gasteiger partial charge >= 0.3 is 0 Å². The Kier molecular flexibility index (Phi) is 6.58. The highest BCUT2D eigenvalue weighted by atomic mass is 16.4. The zero-order chi connectivity index (χ0) is 25.1. The summed E-state index contributed by atoms with van der Waals surface area (Å²) in [6.45, 7) is 2.98. The first kappa shape index (κ1) is 23.4. The van der Waals surface area contributed by atoms with Crippen molar-refractivity contribution in [3.63, 3.8) is 0 Å². The standard InChI is InChI=1S/C28H27N3O5/c1-18-6-11-24(35-18)27(33)30-22-12-14-31(15-13-22)26(32)16-19-7-9-21(10-8-19)29-28(34)25-17-20-4-2-3-5-23(20)36-25/h2-11,17,22H,12-16H2,1H3,(H,29,34)(H,30,33). The molecule has 2 aromatic heterocycles. The molecule has 0 saturated carbocycles. The molecule has 0 bridgehead atoms. The zero-order valence-electron chi connectivity index (χ0n) is 20.0. The van der Waals surface area contributed by atoms with E-state index in [1.54, 1.807) is 37.3 Å². The minimum atomic E-state index is -0.327. The molecule has 5 rings (SSSR count). The fraction of sp³-hybridized carbons (Fsp3) is 0.250. The maximum absolute atomic E-state index is 12.8. The summed E-state index contributed by atoms with van der Waals surface area (Å²) in [6.07, 6.45) is 1.67. The van der Waals surface area contributed by atoms with Crippen LogP contribution in [0.3, 0.4) is 0 Å². The number of hydrogen-bond acceptors (Lipinski definition) is 5. The number of aryl methyl sites for hydroxylation is 1. The molecule has 1 aliphatic rings. The van der Waals surface area contributed by atoms with Crippen molar-refractivity contribution < 1.29 is 23.2 Å². The number of nitrogens with one attached hydrogen (secondary N) is 2. The number of likely N-dealkylation sites (tertiary alicyclic amines) is 1. The highest BCUT2D eigenvalue weighted by molar-refractivity contribution is 6.04. The largest absolute Gasteiger partial charge is 0.456 e. The molecule has 2 N–H and O–H groups in total. The Morgan fingerprint density at radius 1 is 0.889 bits per heavy atom. The maximum Gasteiger partial charge on any atom is 0.291 e. The summed E-state index contributed by atoms with van der Waals surface area (Å²) in [4.78, 5) is 39.4. The summed E-state index contributed by atoms with van der Waals surface area (Å²) >= 11 is 0. The lowest BCUT2D eigenvalue weighted by Gasteiger charge is -2.32. The third-order valence-electron chi connectivity index (χ3n) is 6.36. The monoisotopic (exact) mass is 485 g/mol. The third kappa shape index (κ3) is 5.33. The molecule has 0 spiro atoms. The average Bonchev–Trinajstić information content (AvgIpc) is 3.52. The number of anilines is 1. The molecule has 3 amide bonds. The number of carbonyl (C=O) groups is 3. The van der Waals surface area contributed by atoms with Crippen LogP contribution >= 0.6 is 0 Å². The van der Waals surface area contributed by atoms with Crippen molar-refractivity contribution in [2.24, 2.45) is 0 Å². The van der Waals surface area contributed by atoms with Crippen molar-refractivity contribution in [2.75, 3.05) is 18.4 Å². The Morgan fingerprint density at radius 3 is 2.33 bits per heavy atom. The quantitative estimate of drug-likeness (QED) is 0.417. The van der Waals surface area contributed by atoms with Gasteiger partial charge in [-0.05, 0) is 61.7 Å². The number of hydrogen-bond donors (Lipinski definition) is 2. The first-order chi connectivity index (χ1) is 17.4. The van der Waals surface area contributed by atoms with Gasteiger partial charge in [-0.15, -0.1) is 0 Å². The van der Waals surface area contributed by atoms with Crippen LogP contribution in [0.5, 0.6) is 0 Å². The van der Waals surface area contributed by atoms with Crippen molar-refractivity contribution in [2.45, 2.75) is 32.2 Å². The van der Waals surface area contributed by atoms with E-state index in [-0.39, 0.29) is 35.9 Å². The summed E-state index contributed by atoms with van der Waals surface area (Å²) in [5, 5.41) is 6.69. The Balaban J connectivity index is 1.10. The van der Waals surface area contributed by atoms with Crippen LogP contribution in [0.2, 0.25) is 0 Å². The molecule has 1 saturated heterocycles. The second kappa shape index (κ2) is 10.1. The number of amides is 3. The van der Waals surface area contributed by atoms with Gasteiger partial charge in [0.25, 0.3) is 11.8 Å². The van der Waals surface area contributed by atoms with Crippen molar-refractivity contribution in [3.8, 4) is 0 Å². The van der Waals surface area contributed by atoms with E-state index in [1.165, 1.54) is 0 Å². The minimum absolute atomic E-state index is 0.0154. The Morgan fingerprint density at radius 2 is 1.64 bits per heavy atom. The second-order valence-corrected chi connectivity index (χ2v) is 9.02. The van der Waals surface area contributed by atoms with Crippen LogP contribution in [0.25, 0.3) is 11.0 Å². The summed E-state index contributed by atoms with van der Waals surface area (Å²) in [5.41, 5.74) is 2.15. The van der Waals surface area contributed by atoms with Crippen LogP contribution in [0.15, 0.2) is 75.6 Å². The van der Waals surface area contributed by atoms with E-state index in [4.69, 9.17) is 8.83 Å². The topological polar surface area (TPSA) is 105 Å². The van der Waals surface area contributed by atoms with E-state index in [2.05, 4.69) is 10.6 Å². The summed E-state index contributed by atoms with van der Waals surface area (Å²) in [7, 11) is 0. The number of fused-ring (bicyclic) bond motifs is 1. The van der Waals surface area contributed by atoms with Gasteiger partial charge in [0.15, 0.2) is 11.5 Å². The molecule has 0 aliphatic carbocycles. The molecule has 184 valence electrons. The fourth-order valence-corrected chi connectivity index (χ4v) is 4.37. The SMILES string of the molecule is Cc1ccc(C(=O)NC2CCN(C(=O)Cc3ccc(NC(=O)c4cc5ccccc5o4)cc3)CC2)o1. The van der Waals surface area contributed by atoms with Crippen LogP contribution in [-0.4, -0.2) is 41.8 Å². The number of furan rings is 2. The molecular formula is C28H27N3O5. The number of benzene rings is 2. The zero-order valence-corrected chi connectivity index (χ0v) is 20.0. The summed E-state index contributed by atoms with van der Waals surface area (Å²) in [6, 6.07) is 19.8. The van der Waals surface area contributed by atoms with E-state index < -0.39 is 0 Å². The second-order valence-electron chi connectivity index (χ2n) is 9.02. The van der Waals surface area contributed by atoms with Crippen LogP contribution in [0.1, 0.15) is 45.3 Å². The summed E-state index contributed by atoms with van der Waals surface area (Å²) < 4.78 is 11.0. The molecule has 2 aromatic carbocycles. The third-order valence-corrected chi connectivity index (χ3v) is 6.36.